The second-order valence-electron chi connectivity index (χ2n) is 3.68. The maximum atomic E-state index is 12.3. The normalized spacial score (nSPS) is 10.9. The summed E-state index contributed by atoms with van der Waals surface area (Å²) < 4.78 is 37.0. The van der Waals surface area contributed by atoms with E-state index in [2.05, 4.69) is 16.5 Å². The van der Waals surface area contributed by atoms with Crippen molar-refractivity contribution in [2.24, 2.45) is 0 Å². The number of aromatic nitrogens is 2. The van der Waals surface area contributed by atoms with Crippen LogP contribution in [0.15, 0.2) is 25.0 Å². The lowest BCUT2D eigenvalue weighted by molar-refractivity contribution is -0.139. The van der Waals surface area contributed by atoms with Gasteiger partial charge in [0, 0.05) is 6.54 Å². The van der Waals surface area contributed by atoms with Crippen LogP contribution in [0.2, 0.25) is 0 Å². The topological polar surface area (TPSA) is 83.4 Å². The van der Waals surface area contributed by atoms with Crippen LogP contribution in [0.4, 0.5) is 13.2 Å². The molecule has 0 radical (unpaired) electrons. The van der Waals surface area contributed by atoms with E-state index in [0.29, 0.717) is 4.90 Å². The molecule has 1 heterocycles. The lowest BCUT2D eigenvalue weighted by Crippen LogP contribution is -2.39. The Kier molecular flexibility index (Phi) is 4.78. The zero-order valence-electron chi connectivity index (χ0n) is 10.1. The van der Waals surface area contributed by atoms with Gasteiger partial charge >= 0.3 is 12.1 Å². The first-order valence-electron chi connectivity index (χ1n) is 5.27. The number of carboxylic acids is 1. The Morgan fingerprint density at radius 2 is 1.85 bits per heavy atom. The summed E-state index contributed by atoms with van der Waals surface area (Å²) in [5.74, 6) is -2.36. The van der Waals surface area contributed by atoms with E-state index in [-0.39, 0.29) is 12.2 Å². The molecular formula is C11H10F3N3O3. The summed E-state index contributed by atoms with van der Waals surface area (Å²) in [6, 6.07) is 0. The highest BCUT2D eigenvalue weighted by molar-refractivity contribution is 5.92. The maximum absolute atomic E-state index is 12.3. The van der Waals surface area contributed by atoms with E-state index in [1.165, 1.54) is 0 Å². The molecule has 0 bridgehead atoms. The van der Waals surface area contributed by atoms with Gasteiger partial charge in [0.25, 0.3) is 5.91 Å². The first-order chi connectivity index (χ1) is 9.24. The van der Waals surface area contributed by atoms with Gasteiger partial charge in [-0.1, -0.05) is 6.08 Å². The quantitative estimate of drug-likeness (QED) is 0.828. The molecule has 1 N–H and O–H groups in total. The van der Waals surface area contributed by atoms with Crippen LogP contribution in [0.1, 0.15) is 21.0 Å². The minimum Gasteiger partial charge on any atom is -0.476 e. The number of carbonyl (C=O) groups excluding carboxylic acids is 1. The highest BCUT2D eigenvalue weighted by atomic mass is 19.4. The number of halogens is 3. The number of hydrogen-bond donors (Lipinski definition) is 1. The first kappa shape index (κ1) is 15.6. The number of rotatable bonds is 5. The van der Waals surface area contributed by atoms with Gasteiger partial charge in [0.2, 0.25) is 0 Å². The van der Waals surface area contributed by atoms with Crippen molar-refractivity contribution < 1.29 is 27.9 Å². The third kappa shape index (κ3) is 4.34. The molecule has 0 saturated carbocycles. The van der Waals surface area contributed by atoms with E-state index in [1.807, 2.05) is 0 Å². The Balaban J connectivity index is 2.94. The molecule has 108 valence electrons. The first-order valence-corrected chi connectivity index (χ1v) is 5.27. The van der Waals surface area contributed by atoms with E-state index in [0.717, 1.165) is 18.5 Å². The van der Waals surface area contributed by atoms with Crippen molar-refractivity contribution in [1.82, 2.24) is 14.9 Å². The van der Waals surface area contributed by atoms with Gasteiger partial charge in [0.05, 0.1) is 12.4 Å². The summed E-state index contributed by atoms with van der Waals surface area (Å²) in [4.78, 5) is 29.8. The number of hydrogen-bond acceptors (Lipinski definition) is 4. The number of amides is 1. The fourth-order valence-electron chi connectivity index (χ4n) is 1.30. The zero-order valence-corrected chi connectivity index (χ0v) is 10.1. The molecule has 1 amide bonds. The Hall–Kier alpha value is -2.45. The summed E-state index contributed by atoms with van der Waals surface area (Å²) in [6.07, 6.45) is -1.80. The number of aromatic carboxylic acids is 1. The third-order valence-electron chi connectivity index (χ3n) is 2.10. The fourth-order valence-corrected chi connectivity index (χ4v) is 1.30. The molecule has 0 saturated heterocycles. The van der Waals surface area contributed by atoms with E-state index in [9.17, 15) is 22.8 Å². The summed E-state index contributed by atoms with van der Waals surface area (Å²) in [5, 5.41) is 8.60. The van der Waals surface area contributed by atoms with E-state index >= 15 is 0 Å². The SMILES string of the molecule is C=CCN(CC(F)(F)F)C(=O)c1cnc(C(=O)O)cn1. The van der Waals surface area contributed by atoms with Gasteiger partial charge in [0.15, 0.2) is 5.69 Å². The lowest BCUT2D eigenvalue weighted by atomic mass is 10.3. The van der Waals surface area contributed by atoms with Crippen LogP contribution >= 0.6 is 0 Å². The fraction of sp³-hybridized carbons (Fsp3) is 0.273. The zero-order chi connectivity index (χ0) is 15.3. The minimum atomic E-state index is -4.56. The molecule has 0 aromatic carbocycles. The van der Waals surface area contributed by atoms with E-state index in [4.69, 9.17) is 5.11 Å². The number of alkyl halides is 3. The van der Waals surface area contributed by atoms with E-state index in [1.54, 1.807) is 0 Å². The predicted molar refractivity (Wildman–Crippen MR) is 61.1 cm³/mol. The molecule has 0 spiro atoms. The molecule has 0 fully saturated rings. The Bertz CT molecular complexity index is 514. The number of nitrogens with zero attached hydrogens (tertiary/aromatic N) is 3. The second kappa shape index (κ2) is 6.13. The molecule has 0 unspecified atom stereocenters. The minimum absolute atomic E-state index is 0.319. The van der Waals surface area contributed by atoms with Crippen LogP contribution in [0.5, 0.6) is 0 Å². The van der Waals surface area contributed by atoms with Gasteiger partial charge in [-0.15, -0.1) is 6.58 Å². The molecule has 9 heteroatoms. The average Bonchev–Trinajstić information content (AvgIpc) is 2.36. The summed E-state index contributed by atoms with van der Waals surface area (Å²) >= 11 is 0. The van der Waals surface area contributed by atoms with Gasteiger partial charge in [-0.2, -0.15) is 13.2 Å². The van der Waals surface area contributed by atoms with Crippen molar-refractivity contribution in [3.8, 4) is 0 Å². The lowest BCUT2D eigenvalue weighted by Gasteiger charge is -2.21. The monoisotopic (exact) mass is 289 g/mol. The number of carboxylic acid groups (broad SMARTS) is 1. The molecular weight excluding hydrogens is 279 g/mol. The Morgan fingerprint density at radius 1 is 1.30 bits per heavy atom. The van der Waals surface area contributed by atoms with Crippen molar-refractivity contribution >= 4 is 11.9 Å². The van der Waals surface area contributed by atoms with Crippen LogP contribution in [0.3, 0.4) is 0 Å². The summed E-state index contributed by atoms with van der Waals surface area (Å²) in [6.45, 7) is 1.49. The molecule has 1 aromatic rings. The molecule has 0 aliphatic rings. The largest absolute Gasteiger partial charge is 0.476 e. The third-order valence-corrected chi connectivity index (χ3v) is 2.10. The van der Waals surface area contributed by atoms with Crippen LogP contribution in [0.25, 0.3) is 0 Å². The Labute approximate surface area is 111 Å². The molecule has 1 rings (SSSR count). The summed E-state index contributed by atoms with van der Waals surface area (Å²) in [5.41, 5.74) is -0.784. The van der Waals surface area contributed by atoms with Gasteiger partial charge in [-0.25, -0.2) is 14.8 Å². The highest BCUT2D eigenvalue weighted by Crippen LogP contribution is 2.17. The highest BCUT2D eigenvalue weighted by Gasteiger charge is 2.33. The second-order valence-corrected chi connectivity index (χ2v) is 3.68. The maximum Gasteiger partial charge on any atom is 0.406 e. The van der Waals surface area contributed by atoms with Crippen LogP contribution in [-0.2, 0) is 0 Å². The van der Waals surface area contributed by atoms with Crippen LogP contribution < -0.4 is 0 Å². The smallest absolute Gasteiger partial charge is 0.406 e. The molecule has 6 nitrogen and oxygen atoms in total. The standard InChI is InChI=1S/C11H10F3N3O3/c1-2-3-17(6-11(12,13)14)9(18)7-4-16-8(5-15-7)10(19)20/h2,4-5H,1,3,6H2,(H,19,20). The van der Waals surface area contributed by atoms with Gasteiger partial charge in [-0.05, 0) is 0 Å². The van der Waals surface area contributed by atoms with Crippen molar-refractivity contribution in [3.63, 3.8) is 0 Å². The van der Waals surface area contributed by atoms with Crippen molar-refractivity contribution in [2.75, 3.05) is 13.1 Å². The molecule has 20 heavy (non-hydrogen) atoms. The predicted octanol–water partition coefficient (Wildman–Crippen LogP) is 1.37. The molecule has 1 aromatic heterocycles. The van der Waals surface area contributed by atoms with Crippen molar-refractivity contribution in [3.05, 3.63) is 36.4 Å². The molecule has 0 aliphatic heterocycles. The van der Waals surface area contributed by atoms with Crippen LogP contribution in [-0.4, -0.2) is 51.1 Å². The van der Waals surface area contributed by atoms with E-state index < -0.39 is 30.3 Å². The number of carbonyl (C=O) groups is 2. The van der Waals surface area contributed by atoms with Crippen LogP contribution in [0, 0.1) is 0 Å². The van der Waals surface area contributed by atoms with Gasteiger partial charge in [-0.3, -0.25) is 4.79 Å². The summed E-state index contributed by atoms with van der Waals surface area (Å²) in [7, 11) is 0. The van der Waals surface area contributed by atoms with Gasteiger partial charge in [0.1, 0.15) is 12.2 Å². The molecule has 0 atom stereocenters. The van der Waals surface area contributed by atoms with Crippen molar-refractivity contribution in [2.45, 2.75) is 6.18 Å². The average molecular weight is 289 g/mol. The van der Waals surface area contributed by atoms with Gasteiger partial charge < -0.3 is 10.0 Å². The Morgan fingerprint density at radius 3 is 2.25 bits per heavy atom. The van der Waals surface area contributed by atoms with Crippen molar-refractivity contribution in [1.29, 1.82) is 0 Å². The molecule has 0 aliphatic carbocycles.